The van der Waals surface area contributed by atoms with Crippen LogP contribution in [0.5, 0.6) is 0 Å². The van der Waals surface area contributed by atoms with Crippen molar-refractivity contribution >= 4 is 28.5 Å². The van der Waals surface area contributed by atoms with Crippen LogP contribution in [0.15, 0.2) is 29.3 Å². The molecule has 0 bridgehead atoms. The van der Waals surface area contributed by atoms with Crippen LogP contribution in [0.2, 0.25) is 0 Å². The molecule has 5 nitrogen and oxygen atoms in total. The number of benzene rings is 1. The van der Waals surface area contributed by atoms with Crippen molar-refractivity contribution in [3.8, 4) is 6.19 Å². The van der Waals surface area contributed by atoms with E-state index in [4.69, 9.17) is 5.26 Å². The molecule has 22 heavy (non-hydrogen) atoms. The minimum Gasteiger partial charge on any atom is -0.343 e. The first-order chi connectivity index (χ1) is 10.7. The van der Waals surface area contributed by atoms with Crippen LogP contribution in [0.4, 0.5) is 5.69 Å². The topological polar surface area (TPSA) is 68.5 Å². The molecule has 0 aliphatic carbocycles. The number of aliphatic imine (C=N–C) groups is 1. The molecule has 1 aliphatic rings. The van der Waals surface area contributed by atoms with Crippen molar-refractivity contribution in [1.82, 2.24) is 10.2 Å². The van der Waals surface area contributed by atoms with Gasteiger partial charge in [0.2, 0.25) is 5.91 Å². The summed E-state index contributed by atoms with van der Waals surface area (Å²) in [5.41, 5.74) is 1.92. The average Bonchev–Trinajstić information content (AvgIpc) is 3.08. The minimum absolute atomic E-state index is 0.252. The van der Waals surface area contributed by atoms with Gasteiger partial charge in [0.15, 0.2) is 11.4 Å². The highest BCUT2D eigenvalue weighted by molar-refractivity contribution is 8.13. The van der Waals surface area contributed by atoms with Crippen LogP contribution in [0.1, 0.15) is 24.8 Å². The van der Waals surface area contributed by atoms with E-state index < -0.39 is 0 Å². The Hall–Kier alpha value is -2.00. The second kappa shape index (κ2) is 8.44. The van der Waals surface area contributed by atoms with E-state index in [1.807, 2.05) is 41.6 Å². The van der Waals surface area contributed by atoms with Crippen molar-refractivity contribution in [2.75, 3.05) is 19.3 Å². The van der Waals surface area contributed by atoms with Gasteiger partial charge < -0.3 is 4.90 Å². The summed E-state index contributed by atoms with van der Waals surface area (Å²) < 4.78 is 0. The van der Waals surface area contributed by atoms with Crippen molar-refractivity contribution in [3.05, 3.63) is 29.8 Å². The van der Waals surface area contributed by atoms with Gasteiger partial charge in [-0.05, 0) is 43.2 Å². The van der Waals surface area contributed by atoms with E-state index in [1.165, 1.54) is 11.8 Å². The lowest BCUT2D eigenvalue weighted by atomic mass is 10.1. The lowest BCUT2D eigenvalue weighted by Gasteiger charge is -2.14. The fourth-order valence-electron chi connectivity index (χ4n) is 2.40. The van der Waals surface area contributed by atoms with Crippen molar-refractivity contribution in [1.29, 1.82) is 5.26 Å². The monoisotopic (exact) mass is 316 g/mol. The van der Waals surface area contributed by atoms with Gasteiger partial charge in [-0.2, -0.15) is 5.26 Å². The second-order valence-corrected chi connectivity index (χ2v) is 5.91. The Morgan fingerprint density at radius 1 is 1.36 bits per heavy atom. The Kier molecular flexibility index (Phi) is 6.28. The molecule has 1 N–H and O–H groups in total. The van der Waals surface area contributed by atoms with E-state index in [0.29, 0.717) is 11.6 Å². The van der Waals surface area contributed by atoms with Gasteiger partial charge in [0.25, 0.3) is 0 Å². The molecule has 0 aromatic heterocycles. The standard InChI is InChI=1S/C16H20N4OS/c1-22-16(18-12-17)19-14-7-4-13(5-8-14)6-9-15(21)20-10-2-3-11-20/h4-5,7-8H,2-3,6,9-11H2,1H3,(H,18,19). The van der Waals surface area contributed by atoms with Crippen molar-refractivity contribution < 1.29 is 4.79 Å². The lowest BCUT2D eigenvalue weighted by molar-refractivity contribution is -0.130. The molecule has 116 valence electrons. The number of amidine groups is 1. The van der Waals surface area contributed by atoms with E-state index in [2.05, 4.69) is 10.3 Å². The predicted molar refractivity (Wildman–Crippen MR) is 89.9 cm³/mol. The summed E-state index contributed by atoms with van der Waals surface area (Å²) >= 11 is 1.39. The summed E-state index contributed by atoms with van der Waals surface area (Å²) in [5.74, 6) is 0.252. The highest BCUT2D eigenvalue weighted by Gasteiger charge is 2.17. The molecule has 0 spiro atoms. The van der Waals surface area contributed by atoms with Crippen LogP contribution >= 0.6 is 11.8 Å². The first-order valence-corrected chi connectivity index (χ1v) is 8.60. The Labute approximate surface area is 135 Å². The van der Waals surface area contributed by atoms with Gasteiger partial charge in [0, 0.05) is 19.5 Å². The lowest BCUT2D eigenvalue weighted by Crippen LogP contribution is -2.27. The smallest absolute Gasteiger partial charge is 0.222 e. The van der Waals surface area contributed by atoms with Gasteiger partial charge in [-0.15, -0.1) is 0 Å². The van der Waals surface area contributed by atoms with Crippen molar-refractivity contribution in [3.63, 3.8) is 0 Å². The molecule has 1 amide bonds. The maximum atomic E-state index is 12.0. The van der Waals surface area contributed by atoms with E-state index in [9.17, 15) is 4.79 Å². The zero-order valence-corrected chi connectivity index (χ0v) is 13.5. The van der Waals surface area contributed by atoms with Crippen molar-refractivity contribution in [2.24, 2.45) is 4.99 Å². The Morgan fingerprint density at radius 2 is 2.05 bits per heavy atom. The average molecular weight is 316 g/mol. The number of likely N-dealkylation sites (tertiary alicyclic amines) is 1. The molecule has 0 atom stereocenters. The fourth-order valence-corrected chi connectivity index (χ4v) is 2.75. The Bertz CT molecular complexity index is 571. The molecule has 0 saturated carbocycles. The number of aryl methyl sites for hydroxylation is 1. The Balaban J connectivity index is 1.89. The number of hydrogen-bond donors (Lipinski definition) is 1. The highest BCUT2D eigenvalue weighted by Crippen LogP contribution is 2.17. The molecular formula is C16H20N4OS. The van der Waals surface area contributed by atoms with E-state index in [1.54, 1.807) is 0 Å². The molecular weight excluding hydrogens is 296 g/mol. The number of nitrogens with one attached hydrogen (secondary N) is 1. The van der Waals surface area contributed by atoms with E-state index in [-0.39, 0.29) is 5.91 Å². The fraction of sp³-hybridized carbons (Fsp3) is 0.438. The third-order valence-electron chi connectivity index (χ3n) is 3.61. The van der Waals surface area contributed by atoms with Gasteiger partial charge >= 0.3 is 0 Å². The first kappa shape index (κ1) is 16.4. The molecule has 1 fully saturated rings. The Morgan fingerprint density at radius 3 is 2.64 bits per heavy atom. The molecule has 1 heterocycles. The third-order valence-corrected chi connectivity index (χ3v) is 4.19. The molecule has 1 aromatic rings. The molecule has 6 heteroatoms. The number of rotatable bonds is 4. The number of carbonyl (C=O) groups is 1. The zero-order valence-electron chi connectivity index (χ0n) is 12.7. The van der Waals surface area contributed by atoms with Gasteiger partial charge in [-0.3, -0.25) is 10.1 Å². The van der Waals surface area contributed by atoms with Crippen molar-refractivity contribution in [2.45, 2.75) is 25.7 Å². The quantitative estimate of drug-likeness (QED) is 0.401. The maximum absolute atomic E-state index is 12.0. The van der Waals surface area contributed by atoms with Crippen LogP contribution in [0.25, 0.3) is 0 Å². The van der Waals surface area contributed by atoms with Crippen LogP contribution < -0.4 is 5.32 Å². The van der Waals surface area contributed by atoms with Gasteiger partial charge in [-0.25, -0.2) is 4.99 Å². The molecule has 1 aromatic carbocycles. The van der Waals surface area contributed by atoms with Gasteiger partial charge in [-0.1, -0.05) is 23.9 Å². The normalized spacial score (nSPS) is 14.7. The summed E-state index contributed by atoms with van der Waals surface area (Å²) in [6.45, 7) is 1.83. The zero-order chi connectivity index (χ0) is 15.8. The SMILES string of the molecule is CSC(=Nc1ccc(CCC(=O)N2CCCC2)cc1)NC#N. The number of carbonyl (C=O) groups excluding carboxylic acids is 1. The molecule has 0 radical (unpaired) electrons. The number of nitriles is 1. The largest absolute Gasteiger partial charge is 0.343 e. The van der Waals surface area contributed by atoms with Crippen LogP contribution in [0, 0.1) is 11.5 Å². The molecule has 1 saturated heterocycles. The molecule has 0 unspecified atom stereocenters. The van der Waals surface area contributed by atoms with Crippen LogP contribution in [-0.4, -0.2) is 35.3 Å². The van der Waals surface area contributed by atoms with E-state index >= 15 is 0 Å². The maximum Gasteiger partial charge on any atom is 0.222 e. The van der Waals surface area contributed by atoms with Gasteiger partial charge in [0.1, 0.15) is 0 Å². The third kappa shape index (κ3) is 4.78. The summed E-state index contributed by atoms with van der Waals surface area (Å²) in [6.07, 6.45) is 7.31. The number of amides is 1. The highest BCUT2D eigenvalue weighted by atomic mass is 32.2. The number of nitrogens with zero attached hydrogens (tertiary/aromatic N) is 3. The first-order valence-electron chi connectivity index (χ1n) is 7.37. The van der Waals surface area contributed by atoms with Gasteiger partial charge in [0.05, 0.1) is 5.69 Å². The summed E-state index contributed by atoms with van der Waals surface area (Å²) in [7, 11) is 0. The number of hydrogen-bond acceptors (Lipinski definition) is 4. The minimum atomic E-state index is 0.252. The summed E-state index contributed by atoms with van der Waals surface area (Å²) in [5, 5.41) is 11.7. The summed E-state index contributed by atoms with van der Waals surface area (Å²) in [4.78, 5) is 18.3. The predicted octanol–water partition coefficient (Wildman–Crippen LogP) is 2.66. The van der Waals surface area contributed by atoms with Crippen LogP contribution in [-0.2, 0) is 11.2 Å². The summed E-state index contributed by atoms with van der Waals surface area (Å²) in [6, 6.07) is 7.79. The van der Waals surface area contributed by atoms with E-state index in [0.717, 1.165) is 43.6 Å². The molecule has 2 rings (SSSR count). The van der Waals surface area contributed by atoms with Crippen LogP contribution in [0.3, 0.4) is 0 Å². The molecule has 1 aliphatic heterocycles. The number of thioether (sulfide) groups is 1. The second-order valence-electron chi connectivity index (χ2n) is 5.11.